The summed E-state index contributed by atoms with van der Waals surface area (Å²) in [5, 5.41) is 12.0. The molecule has 1 aliphatic rings. The topological polar surface area (TPSA) is 49.3 Å². The zero-order valence-corrected chi connectivity index (χ0v) is 7.55. The lowest BCUT2D eigenvalue weighted by molar-refractivity contribution is -0.122. The monoisotopic (exact) mass is 171 g/mol. The maximum absolute atomic E-state index is 11.1. The summed E-state index contributed by atoms with van der Waals surface area (Å²) < 4.78 is 0. The number of nitrogens with one attached hydrogen (secondary N) is 1. The largest absolute Gasteiger partial charge is 0.391 e. The molecule has 0 aromatic rings. The van der Waals surface area contributed by atoms with Gasteiger partial charge in [-0.05, 0) is 19.3 Å². The van der Waals surface area contributed by atoms with Crippen LogP contribution >= 0.6 is 0 Å². The molecular weight excluding hydrogens is 154 g/mol. The molecule has 3 heteroatoms. The number of hydrogen-bond donors (Lipinski definition) is 2. The van der Waals surface area contributed by atoms with Crippen LogP contribution in [-0.2, 0) is 4.79 Å². The Balaban J connectivity index is 2.03. The quantitative estimate of drug-likeness (QED) is 0.639. The Morgan fingerprint density at radius 2 is 2.33 bits per heavy atom. The third-order valence-electron chi connectivity index (χ3n) is 2.08. The average molecular weight is 171 g/mol. The lowest BCUT2D eigenvalue weighted by Crippen LogP contribution is -2.32. The van der Waals surface area contributed by atoms with Crippen LogP contribution < -0.4 is 5.32 Å². The van der Waals surface area contributed by atoms with Crippen molar-refractivity contribution in [2.45, 2.75) is 38.7 Å². The summed E-state index contributed by atoms with van der Waals surface area (Å²) in [6.45, 7) is 2.44. The molecule has 1 unspecified atom stereocenters. The van der Waals surface area contributed by atoms with Crippen LogP contribution in [-0.4, -0.2) is 23.7 Å². The summed E-state index contributed by atoms with van der Waals surface area (Å²) in [5.41, 5.74) is 0. The Kier molecular flexibility index (Phi) is 3.53. The number of carbonyl (C=O) groups excluding carboxylic acids is 1. The first-order valence-corrected chi connectivity index (χ1v) is 4.69. The predicted molar refractivity (Wildman–Crippen MR) is 46.6 cm³/mol. The fourth-order valence-electron chi connectivity index (χ4n) is 1.14. The molecule has 0 spiro atoms. The number of aliphatic hydroxyl groups is 1. The van der Waals surface area contributed by atoms with E-state index in [1.165, 1.54) is 0 Å². The van der Waals surface area contributed by atoms with Crippen LogP contribution in [0.5, 0.6) is 0 Å². The van der Waals surface area contributed by atoms with Crippen LogP contribution in [0, 0.1) is 5.92 Å². The smallest absolute Gasteiger partial charge is 0.223 e. The average Bonchev–Trinajstić information content (AvgIpc) is 2.83. The highest BCUT2D eigenvalue weighted by Gasteiger charge is 2.29. The Hall–Kier alpha value is -0.570. The standard InChI is InChI=1S/C9H17NO2/c1-2-3-8(11)6-10-9(12)7-4-5-7/h7-8,11H,2-6H2,1H3,(H,10,12). The third-order valence-corrected chi connectivity index (χ3v) is 2.08. The molecule has 0 bridgehead atoms. The maximum atomic E-state index is 11.1. The molecule has 1 aliphatic carbocycles. The van der Waals surface area contributed by atoms with E-state index in [2.05, 4.69) is 5.32 Å². The normalized spacial score (nSPS) is 18.8. The summed E-state index contributed by atoms with van der Waals surface area (Å²) >= 11 is 0. The fourth-order valence-corrected chi connectivity index (χ4v) is 1.14. The van der Waals surface area contributed by atoms with E-state index >= 15 is 0 Å². The van der Waals surface area contributed by atoms with Gasteiger partial charge in [0.25, 0.3) is 0 Å². The summed E-state index contributed by atoms with van der Waals surface area (Å²) in [7, 11) is 0. The predicted octanol–water partition coefficient (Wildman–Crippen LogP) is 0.674. The van der Waals surface area contributed by atoms with Gasteiger partial charge in [0.2, 0.25) is 5.91 Å². The molecule has 1 fully saturated rings. The van der Waals surface area contributed by atoms with Crippen molar-refractivity contribution in [1.29, 1.82) is 0 Å². The fraction of sp³-hybridized carbons (Fsp3) is 0.889. The summed E-state index contributed by atoms with van der Waals surface area (Å²) in [6, 6.07) is 0. The second-order valence-electron chi connectivity index (χ2n) is 3.46. The zero-order chi connectivity index (χ0) is 8.97. The lowest BCUT2D eigenvalue weighted by Gasteiger charge is -2.09. The van der Waals surface area contributed by atoms with E-state index in [1.807, 2.05) is 6.92 Å². The van der Waals surface area contributed by atoms with Crippen molar-refractivity contribution in [2.24, 2.45) is 5.92 Å². The number of rotatable bonds is 5. The maximum Gasteiger partial charge on any atom is 0.223 e. The molecule has 1 rings (SSSR count). The Bertz CT molecular complexity index is 155. The highest BCUT2D eigenvalue weighted by molar-refractivity contribution is 5.80. The van der Waals surface area contributed by atoms with Crippen LogP contribution in [0.3, 0.4) is 0 Å². The SMILES string of the molecule is CCCC(O)CNC(=O)C1CC1. The van der Waals surface area contributed by atoms with Gasteiger partial charge in [-0.1, -0.05) is 13.3 Å². The molecular formula is C9H17NO2. The molecule has 0 aromatic carbocycles. The molecule has 70 valence electrons. The van der Waals surface area contributed by atoms with E-state index in [0.717, 1.165) is 25.7 Å². The van der Waals surface area contributed by atoms with E-state index in [4.69, 9.17) is 0 Å². The van der Waals surface area contributed by atoms with E-state index in [1.54, 1.807) is 0 Å². The van der Waals surface area contributed by atoms with Crippen molar-refractivity contribution in [1.82, 2.24) is 5.32 Å². The van der Waals surface area contributed by atoms with Crippen molar-refractivity contribution in [3.05, 3.63) is 0 Å². The van der Waals surface area contributed by atoms with E-state index in [9.17, 15) is 9.90 Å². The molecule has 1 atom stereocenters. The van der Waals surface area contributed by atoms with Crippen LogP contribution in [0.2, 0.25) is 0 Å². The van der Waals surface area contributed by atoms with Crippen LogP contribution in [0.25, 0.3) is 0 Å². The van der Waals surface area contributed by atoms with Gasteiger partial charge in [-0.15, -0.1) is 0 Å². The first-order chi connectivity index (χ1) is 5.74. The van der Waals surface area contributed by atoms with Gasteiger partial charge in [-0.2, -0.15) is 0 Å². The Morgan fingerprint density at radius 1 is 1.67 bits per heavy atom. The number of amides is 1. The van der Waals surface area contributed by atoms with Crippen LogP contribution in [0.15, 0.2) is 0 Å². The molecule has 12 heavy (non-hydrogen) atoms. The van der Waals surface area contributed by atoms with Crippen molar-refractivity contribution >= 4 is 5.91 Å². The summed E-state index contributed by atoms with van der Waals surface area (Å²) in [4.78, 5) is 11.1. The molecule has 0 aromatic heterocycles. The van der Waals surface area contributed by atoms with E-state index in [-0.39, 0.29) is 17.9 Å². The van der Waals surface area contributed by atoms with Crippen LogP contribution in [0.4, 0.5) is 0 Å². The number of carbonyl (C=O) groups is 1. The minimum absolute atomic E-state index is 0.116. The van der Waals surface area contributed by atoms with E-state index in [0.29, 0.717) is 6.54 Å². The van der Waals surface area contributed by atoms with Gasteiger partial charge in [0, 0.05) is 12.5 Å². The van der Waals surface area contributed by atoms with Crippen molar-refractivity contribution < 1.29 is 9.90 Å². The highest BCUT2D eigenvalue weighted by atomic mass is 16.3. The van der Waals surface area contributed by atoms with Crippen molar-refractivity contribution in [2.75, 3.05) is 6.54 Å². The van der Waals surface area contributed by atoms with Gasteiger partial charge in [-0.3, -0.25) is 4.79 Å². The highest BCUT2D eigenvalue weighted by Crippen LogP contribution is 2.28. The van der Waals surface area contributed by atoms with Gasteiger partial charge in [0.15, 0.2) is 0 Å². The molecule has 0 aliphatic heterocycles. The molecule has 0 saturated heterocycles. The molecule has 3 nitrogen and oxygen atoms in total. The molecule has 0 radical (unpaired) electrons. The zero-order valence-electron chi connectivity index (χ0n) is 7.55. The van der Waals surface area contributed by atoms with Gasteiger partial charge >= 0.3 is 0 Å². The van der Waals surface area contributed by atoms with Gasteiger partial charge in [0.05, 0.1) is 6.10 Å². The second-order valence-corrected chi connectivity index (χ2v) is 3.46. The molecule has 1 amide bonds. The van der Waals surface area contributed by atoms with Gasteiger partial charge in [0.1, 0.15) is 0 Å². The van der Waals surface area contributed by atoms with E-state index < -0.39 is 0 Å². The van der Waals surface area contributed by atoms with Crippen molar-refractivity contribution in [3.63, 3.8) is 0 Å². The molecule has 0 heterocycles. The van der Waals surface area contributed by atoms with Gasteiger partial charge in [-0.25, -0.2) is 0 Å². The lowest BCUT2D eigenvalue weighted by atomic mass is 10.2. The number of hydrogen-bond acceptors (Lipinski definition) is 2. The summed E-state index contributed by atoms with van der Waals surface area (Å²) in [6.07, 6.45) is 3.41. The molecule has 2 N–H and O–H groups in total. The Morgan fingerprint density at radius 3 is 2.83 bits per heavy atom. The Labute approximate surface area is 73.2 Å². The van der Waals surface area contributed by atoms with Crippen molar-refractivity contribution in [3.8, 4) is 0 Å². The summed E-state index contributed by atoms with van der Waals surface area (Å²) in [5.74, 6) is 0.365. The minimum atomic E-state index is -0.363. The first-order valence-electron chi connectivity index (χ1n) is 4.69. The first kappa shape index (κ1) is 9.52. The van der Waals surface area contributed by atoms with Gasteiger partial charge < -0.3 is 10.4 Å². The van der Waals surface area contributed by atoms with Crippen LogP contribution in [0.1, 0.15) is 32.6 Å². The third kappa shape index (κ3) is 3.22. The number of aliphatic hydroxyl groups excluding tert-OH is 1. The minimum Gasteiger partial charge on any atom is -0.391 e. The second kappa shape index (κ2) is 4.45. The molecule has 1 saturated carbocycles.